The largest absolute Gasteiger partial charge is 0.433 e. The van der Waals surface area contributed by atoms with Crippen LogP contribution in [0.15, 0.2) is 48.8 Å². The minimum absolute atomic E-state index is 0.0210. The summed E-state index contributed by atoms with van der Waals surface area (Å²) in [5.74, 6) is -1.07. The minimum atomic E-state index is -4.65. The molecule has 0 aliphatic carbocycles. The minimum Gasteiger partial charge on any atom is -0.333 e. The van der Waals surface area contributed by atoms with Crippen LogP contribution in [0.5, 0.6) is 0 Å². The Morgan fingerprint density at radius 1 is 1.06 bits per heavy atom. The van der Waals surface area contributed by atoms with Gasteiger partial charge in [-0.05, 0) is 44.2 Å². The Balaban J connectivity index is 1.49. The van der Waals surface area contributed by atoms with E-state index in [1.165, 1.54) is 22.0 Å². The van der Waals surface area contributed by atoms with E-state index in [4.69, 9.17) is 11.6 Å². The van der Waals surface area contributed by atoms with Crippen molar-refractivity contribution < 1.29 is 22.8 Å². The Morgan fingerprint density at radius 3 is 2.47 bits per heavy atom. The summed E-state index contributed by atoms with van der Waals surface area (Å²) in [7, 11) is 0. The van der Waals surface area contributed by atoms with Crippen LogP contribution >= 0.6 is 11.6 Å². The molecule has 34 heavy (non-hydrogen) atoms. The molecule has 1 aliphatic rings. The number of hydrogen-bond donors (Lipinski definition) is 0. The number of halogens is 4. The first kappa shape index (κ1) is 23.7. The second kappa shape index (κ2) is 8.71. The first-order chi connectivity index (χ1) is 16.0. The van der Waals surface area contributed by atoms with E-state index in [9.17, 15) is 22.8 Å². The fourth-order valence-corrected chi connectivity index (χ4v) is 3.99. The van der Waals surface area contributed by atoms with Gasteiger partial charge in [-0.3, -0.25) is 9.59 Å². The van der Waals surface area contributed by atoms with Crippen LogP contribution in [0.2, 0.25) is 5.02 Å². The molecule has 2 aromatic heterocycles. The number of nitrogens with zero attached hydrogens (tertiary/aromatic N) is 6. The number of piperazine rings is 1. The van der Waals surface area contributed by atoms with Crippen molar-refractivity contribution in [3.05, 3.63) is 71.0 Å². The van der Waals surface area contributed by atoms with Gasteiger partial charge in [0.2, 0.25) is 5.82 Å². The number of hydrogen-bond acceptors (Lipinski definition) is 5. The van der Waals surface area contributed by atoms with Crippen molar-refractivity contribution in [3.63, 3.8) is 0 Å². The molecule has 3 heterocycles. The van der Waals surface area contributed by atoms with Crippen molar-refractivity contribution >= 4 is 23.4 Å². The number of amides is 2. The van der Waals surface area contributed by atoms with Crippen LogP contribution in [0.4, 0.5) is 13.2 Å². The highest BCUT2D eigenvalue weighted by molar-refractivity contribution is 6.30. The van der Waals surface area contributed by atoms with Crippen molar-refractivity contribution in [2.75, 3.05) is 19.6 Å². The van der Waals surface area contributed by atoms with Crippen LogP contribution in [0.25, 0.3) is 5.69 Å². The molecule has 12 heteroatoms. The SMILES string of the molecule is CC1(C)CN(C(=O)c2cccc(C(F)(F)F)n2)CCN1C(=O)c1ncn(-c2cccc(Cl)c2)n1. The van der Waals surface area contributed by atoms with Crippen molar-refractivity contribution in [1.82, 2.24) is 29.5 Å². The van der Waals surface area contributed by atoms with Crippen molar-refractivity contribution in [2.24, 2.45) is 0 Å². The normalized spacial score (nSPS) is 15.9. The lowest BCUT2D eigenvalue weighted by Gasteiger charge is -2.46. The molecule has 0 bridgehead atoms. The summed E-state index contributed by atoms with van der Waals surface area (Å²) in [5.41, 5.74) is -1.61. The highest BCUT2D eigenvalue weighted by Gasteiger charge is 2.40. The lowest BCUT2D eigenvalue weighted by Crippen LogP contribution is -2.62. The number of pyridine rings is 1. The Hall–Kier alpha value is -3.47. The topological polar surface area (TPSA) is 84.2 Å². The summed E-state index contributed by atoms with van der Waals surface area (Å²) < 4.78 is 40.4. The van der Waals surface area contributed by atoms with Crippen LogP contribution in [0.1, 0.15) is 40.6 Å². The lowest BCUT2D eigenvalue weighted by molar-refractivity contribution is -0.141. The van der Waals surface area contributed by atoms with Gasteiger partial charge in [0, 0.05) is 24.7 Å². The molecule has 0 spiro atoms. The van der Waals surface area contributed by atoms with Crippen molar-refractivity contribution in [2.45, 2.75) is 25.6 Å². The van der Waals surface area contributed by atoms with Crippen LogP contribution in [0.3, 0.4) is 0 Å². The number of benzene rings is 1. The van der Waals surface area contributed by atoms with Crippen LogP contribution in [0, 0.1) is 0 Å². The third-order valence-electron chi connectivity index (χ3n) is 5.45. The summed E-state index contributed by atoms with van der Waals surface area (Å²) >= 11 is 6.01. The molecule has 0 atom stereocenters. The maximum absolute atomic E-state index is 13.1. The van der Waals surface area contributed by atoms with Gasteiger partial charge in [0.05, 0.1) is 11.2 Å². The maximum atomic E-state index is 13.1. The van der Waals surface area contributed by atoms with Gasteiger partial charge in [0.15, 0.2) is 0 Å². The number of alkyl halides is 3. The average molecular weight is 493 g/mol. The van der Waals surface area contributed by atoms with Gasteiger partial charge >= 0.3 is 6.18 Å². The molecule has 4 rings (SSSR count). The molecule has 178 valence electrons. The van der Waals surface area contributed by atoms with Crippen molar-refractivity contribution in [1.29, 1.82) is 0 Å². The Kier molecular flexibility index (Phi) is 6.07. The van der Waals surface area contributed by atoms with Crippen LogP contribution in [-0.4, -0.2) is 66.5 Å². The number of rotatable bonds is 3. The smallest absolute Gasteiger partial charge is 0.333 e. The molecular formula is C22H20ClF3N6O2. The second-order valence-corrected chi connectivity index (χ2v) is 8.83. The molecule has 0 radical (unpaired) electrons. The monoisotopic (exact) mass is 492 g/mol. The fourth-order valence-electron chi connectivity index (χ4n) is 3.80. The Labute approximate surface area is 198 Å². The molecule has 1 aliphatic heterocycles. The first-order valence-electron chi connectivity index (χ1n) is 10.3. The highest BCUT2D eigenvalue weighted by Crippen LogP contribution is 2.28. The van der Waals surface area contributed by atoms with Crippen LogP contribution < -0.4 is 0 Å². The molecule has 2 amide bonds. The maximum Gasteiger partial charge on any atom is 0.433 e. The zero-order valence-electron chi connectivity index (χ0n) is 18.3. The molecule has 0 N–H and O–H groups in total. The first-order valence-corrected chi connectivity index (χ1v) is 10.7. The third-order valence-corrected chi connectivity index (χ3v) is 5.68. The molecular weight excluding hydrogens is 473 g/mol. The van der Waals surface area contributed by atoms with Gasteiger partial charge in [0.1, 0.15) is 17.7 Å². The average Bonchev–Trinajstić information content (AvgIpc) is 3.27. The summed E-state index contributed by atoms with van der Waals surface area (Å²) in [4.78, 5) is 36.5. The number of carbonyl (C=O) groups is 2. The third kappa shape index (κ3) is 4.74. The van der Waals surface area contributed by atoms with Gasteiger partial charge < -0.3 is 9.80 Å². The number of carbonyl (C=O) groups excluding carboxylic acids is 2. The van der Waals surface area contributed by atoms with E-state index < -0.39 is 29.2 Å². The predicted octanol–water partition coefficient (Wildman–Crippen LogP) is 3.71. The molecule has 0 saturated carbocycles. The van der Waals surface area contributed by atoms with E-state index in [1.807, 2.05) is 0 Å². The number of aromatic nitrogens is 4. The van der Waals surface area contributed by atoms with Gasteiger partial charge in [-0.15, -0.1) is 5.10 Å². The summed E-state index contributed by atoms with van der Waals surface area (Å²) in [5, 5.41) is 4.77. The molecule has 3 aromatic rings. The van der Waals surface area contributed by atoms with Gasteiger partial charge in [-0.2, -0.15) is 13.2 Å². The van der Waals surface area contributed by atoms with Crippen LogP contribution in [-0.2, 0) is 6.18 Å². The highest BCUT2D eigenvalue weighted by atomic mass is 35.5. The second-order valence-electron chi connectivity index (χ2n) is 8.39. The van der Waals surface area contributed by atoms with Gasteiger partial charge in [-0.25, -0.2) is 14.6 Å². The van der Waals surface area contributed by atoms with E-state index in [-0.39, 0.29) is 31.2 Å². The molecule has 0 unspecified atom stereocenters. The Morgan fingerprint density at radius 2 is 1.79 bits per heavy atom. The van der Waals surface area contributed by atoms with E-state index in [1.54, 1.807) is 43.0 Å². The van der Waals surface area contributed by atoms with E-state index in [0.29, 0.717) is 10.7 Å². The lowest BCUT2D eigenvalue weighted by atomic mass is 9.98. The predicted molar refractivity (Wildman–Crippen MR) is 117 cm³/mol. The molecule has 1 aromatic carbocycles. The van der Waals surface area contributed by atoms with E-state index >= 15 is 0 Å². The standard InChI is InChI=1S/C22H20ClF3N6O2/c1-21(2)12-30(19(33)16-7-4-8-17(28-16)22(24,25)26)9-10-31(21)20(34)18-27-13-32(29-18)15-6-3-5-14(23)11-15/h3-8,11,13H,9-10,12H2,1-2H3. The summed E-state index contributed by atoms with van der Waals surface area (Å²) in [6.45, 7) is 3.91. The van der Waals surface area contributed by atoms with E-state index in [0.717, 1.165) is 12.1 Å². The summed E-state index contributed by atoms with van der Waals surface area (Å²) in [6, 6.07) is 10.1. The molecule has 1 saturated heterocycles. The molecule has 1 fully saturated rings. The zero-order valence-corrected chi connectivity index (χ0v) is 19.0. The quantitative estimate of drug-likeness (QED) is 0.556. The molecule has 8 nitrogen and oxygen atoms in total. The van der Waals surface area contributed by atoms with Gasteiger partial charge in [0.25, 0.3) is 11.8 Å². The van der Waals surface area contributed by atoms with Gasteiger partial charge in [-0.1, -0.05) is 23.7 Å². The fraction of sp³-hybridized carbons (Fsp3) is 0.318. The summed E-state index contributed by atoms with van der Waals surface area (Å²) in [6.07, 6.45) is -3.24. The van der Waals surface area contributed by atoms with Crippen molar-refractivity contribution in [3.8, 4) is 5.69 Å². The van der Waals surface area contributed by atoms with E-state index in [2.05, 4.69) is 15.1 Å². The Bertz CT molecular complexity index is 1240. The zero-order chi connectivity index (χ0) is 24.7.